The summed E-state index contributed by atoms with van der Waals surface area (Å²) in [4.78, 5) is 14.4. The van der Waals surface area contributed by atoms with Crippen LogP contribution >= 0.6 is 0 Å². The van der Waals surface area contributed by atoms with Crippen LogP contribution in [0.3, 0.4) is 0 Å². The monoisotopic (exact) mass is 665 g/mol. The average Bonchev–Trinajstić information content (AvgIpc) is 3.33. The third-order valence-electron chi connectivity index (χ3n) is 10.2. The minimum Gasteiger partial charge on any atom is -0.414 e. The molecule has 0 aromatic heterocycles. The Hall–Kier alpha value is -2.04. The second kappa shape index (κ2) is 15.9. The van der Waals surface area contributed by atoms with E-state index in [4.69, 9.17) is 13.6 Å². The Bertz CT molecular complexity index is 1210. The van der Waals surface area contributed by atoms with Crippen molar-refractivity contribution in [1.82, 2.24) is 4.90 Å². The average molecular weight is 666 g/mol. The molecule has 1 amide bonds. The summed E-state index contributed by atoms with van der Waals surface area (Å²) >= 11 is 0. The number of ether oxygens (including phenoxy) is 1. The number of rotatable bonds is 15. The van der Waals surface area contributed by atoms with Crippen LogP contribution in [0.15, 0.2) is 72.8 Å². The maximum atomic E-state index is 12.7. The maximum absolute atomic E-state index is 12.7. The van der Waals surface area contributed by atoms with Gasteiger partial charge in [-0.05, 0) is 77.6 Å². The van der Waals surface area contributed by atoms with E-state index in [1.54, 1.807) is 4.90 Å². The molecule has 7 heteroatoms. The van der Waals surface area contributed by atoms with Gasteiger partial charge < -0.3 is 18.5 Å². The summed E-state index contributed by atoms with van der Waals surface area (Å²) in [6.07, 6.45) is 5.47. The Morgan fingerprint density at radius 3 is 1.96 bits per heavy atom. The first-order valence-electron chi connectivity index (χ1n) is 17.4. The highest BCUT2D eigenvalue weighted by Gasteiger charge is 2.50. The van der Waals surface area contributed by atoms with Crippen LogP contribution in [-0.4, -0.2) is 66.5 Å². The van der Waals surface area contributed by atoms with Gasteiger partial charge in [-0.1, -0.05) is 116 Å². The molecule has 0 radical (unpaired) electrons. The first kappa shape index (κ1) is 38.4. The van der Waals surface area contributed by atoms with Crippen LogP contribution in [-0.2, 0) is 18.4 Å². The van der Waals surface area contributed by atoms with Crippen molar-refractivity contribution in [2.24, 2.45) is 5.92 Å². The lowest BCUT2D eigenvalue weighted by Crippen LogP contribution is -2.66. The summed E-state index contributed by atoms with van der Waals surface area (Å²) < 4.78 is 20.6. The molecule has 0 unspecified atom stereocenters. The van der Waals surface area contributed by atoms with Crippen molar-refractivity contribution in [2.45, 2.75) is 128 Å². The molecule has 4 atom stereocenters. The number of benzene rings is 2. The van der Waals surface area contributed by atoms with Gasteiger partial charge in [-0.25, -0.2) is 0 Å². The fourth-order valence-corrected chi connectivity index (χ4v) is 12.6. The molecule has 0 N–H and O–H groups in total. The van der Waals surface area contributed by atoms with Crippen molar-refractivity contribution in [3.8, 4) is 0 Å². The van der Waals surface area contributed by atoms with Gasteiger partial charge in [0.15, 0.2) is 8.32 Å². The molecule has 1 saturated heterocycles. The number of carbonyl (C=O) groups excluding carboxylic acids is 1. The van der Waals surface area contributed by atoms with Gasteiger partial charge in [-0.2, -0.15) is 0 Å². The molecular formula is C39H63NO4Si2. The standard InChI is InChI=1S/C39H63NO4Si2/c1-30-28-32(43-36(30)26-25-33(29-31(2)37(41)40(9)10)44-45(11,12)38(3,4)5)20-19-27-42-46(39(6,7)8,34-21-15-13-16-22-34)35-23-17-14-18-24-35/h13-18,21-24,31-33,36H,1,19-20,25-29H2,2-12H3/t31-,32+,33-,36+/m1/s1. The van der Waals surface area contributed by atoms with Crippen LogP contribution in [0.4, 0.5) is 0 Å². The molecule has 5 nitrogen and oxygen atoms in total. The fraction of sp³-hybridized carbons (Fsp3) is 0.615. The molecule has 46 heavy (non-hydrogen) atoms. The Kier molecular flexibility index (Phi) is 13.3. The molecule has 3 rings (SSSR count). The topological polar surface area (TPSA) is 48.0 Å². The highest BCUT2D eigenvalue weighted by Crippen LogP contribution is 2.40. The van der Waals surface area contributed by atoms with Crippen LogP contribution in [0, 0.1) is 5.92 Å². The van der Waals surface area contributed by atoms with E-state index in [1.165, 1.54) is 15.9 Å². The number of amides is 1. The molecule has 1 fully saturated rings. The number of nitrogens with zero attached hydrogens (tertiary/aromatic N) is 1. The van der Waals surface area contributed by atoms with E-state index in [0.717, 1.165) is 38.5 Å². The van der Waals surface area contributed by atoms with Crippen LogP contribution in [0.5, 0.6) is 0 Å². The molecule has 2 aromatic rings. The predicted molar refractivity (Wildman–Crippen MR) is 199 cm³/mol. The summed E-state index contributed by atoms with van der Waals surface area (Å²) in [6.45, 7) is 25.6. The fourth-order valence-electron chi connectivity index (χ4n) is 6.63. The SMILES string of the molecule is C=C1C[C@H](CCCO[Si](c2ccccc2)(c2ccccc2)C(C)(C)C)O[C@H]1CC[C@H](C[C@@H](C)C(=O)N(C)C)O[Si](C)(C)C(C)(C)C. The summed E-state index contributed by atoms with van der Waals surface area (Å²) in [7, 11) is -0.876. The third kappa shape index (κ3) is 9.53. The van der Waals surface area contributed by atoms with Crippen LogP contribution in [0.1, 0.15) is 87.0 Å². The van der Waals surface area contributed by atoms with Gasteiger partial charge in [-0.15, -0.1) is 0 Å². The van der Waals surface area contributed by atoms with Crippen molar-refractivity contribution in [3.05, 3.63) is 72.8 Å². The summed E-state index contributed by atoms with van der Waals surface area (Å²) in [5.74, 6) is 0.0754. The van der Waals surface area contributed by atoms with E-state index >= 15 is 0 Å². The molecule has 0 saturated carbocycles. The van der Waals surface area contributed by atoms with E-state index in [9.17, 15) is 4.79 Å². The maximum Gasteiger partial charge on any atom is 0.261 e. The zero-order chi connectivity index (χ0) is 34.3. The van der Waals surface area contributed by atoms with Gasteiger partial charge in [0.05, 0.1) is 12.2 Å². The Morgan fingerprint density at radius 2 is 1.48 bits per heavy atom. The Labute approximate surface area is 283 Å². The lowest BCUT2D eigenvalue weighted by atomic mass is 9.96. The molecule has 2 aromatic carbocycles. The molecular weight excluding hydrogens is 603 g/mol. The number of hydrogen-bond acceptors (Lipinski definition) is 4. The van der Waals surface area contributed by atoms with Gasteiger partial charge in [0, 0.05) is 32.7 Å². The van der Waals surface area contributed by atoms with E-state index in [1.807, 2.05) is 21.0 Å². The molecule has 1 aliphatic rings. The van der Waals surface area contributed by atoms with Gasteiger partial charge >= 0.3 is 0 Å². The first-order valence-corrected chi connectivity index (χ1v) is 22.2. The highest BCUT2D eigenvalue weighted by atomic mass is 28.4. The summed E-state index contributed by atoms with van der Waals surface area (Å²) in [6, 6.07) is 21.7. The third-order valence-corrected chi connectivity index (χ3v) is 19.8. The van der Waals surface area contributed by atoms with Gasteiger partial charge in [0.25, 0.3) is 8.32 Å². The smallest absolute Gasteiger partial charge is 0.261 e. The molecule has 0 bridgehead atoms. The first-order chi connectivity index (χ1) is 21.4. The minimum atomic E-state index is -2.54. The molecule has 1 heterocycles. The lowest BCUT2D eigenvalue weighted by Gasteiger charge is -2.43. The van der Waals surface area contributed by atoms with E-state index in [-0.39, 0.29) is 40.2 Å². The zero-order valence-corrected chi connectivity index (χ0v) is 32.8. The van der Waals surface area contributed by atoms with Gasteiger partial charge in [0.2, 0.25) is 5.91 Å². The van der Waals surface area contributed by atoms with E-state index in [0.29, 0.717) is 6.61 Å². The highest BCUT2D eigenvalue weighted by molar-refractivity contribution is 6.99. The zero-order valence-electron chi connectivity index (χ0n) is 30.8. The molecule has 0 aliphatic carbocycles. The Morgan fingerprint density at radius 1 is 0.935 bits per heavy atom. The van der Waals surface area contributed by atoms with Gasteiger partial charge in [0.1, 0.15) is 0 Å². The summed E-state index contributed by atoms with van der Waals surface area (Å²) in [5.41, 5.74) is 1.18. The second-order valence-corrected chi connectivity index (χ2v) is 25.3. The van der Waals surface area contributed by atoms with Crippen molar-refractivity contribution in [1.29, 1.82) is 0 Å². The van der Waals surface area contributed by atoms with E-state index in [2.05, 4.69) is 122 Å². The largest absolute Gasteiger partial charge is 0.414 e. The van der Waals surface area contributed by atoms with Crippen molar-refractivity contribution in [2.75, 3.05) is 20.7 Å². The number of hydrogen-bond donors (Lipinski definition) is 0. The molecule has 0 spiro atoms. The normalized spacial score (nSPS) is 19.2. The minimum absolute atomic E-state index is 0.0232. The Balaban J connectivity index is 1.64. The lowest BCUT2D eigenvalue weighted by molar-refractivity contribution is -0.133. The quantitative estimate of drug-likeness (QED) is 0.109. The van der Waals surface area contributed by atoms with Crippen molar-refractivity contribution in [3.63, 3.8) is 0 Å². The van der Waals surface area contributed by atoms with Crippen LogP contribution < -0.4 is 10.4 Å². The van der Waals surface area contributed by atoms with Crippen LogP contribution in [0.25, 0.3) is 0 Å². The molecule has 256 valence electrons. The van der Waals surface area contributed by atoms with Crippen molar-refractivity contribution < 1.29 is 18.4 Å². The summed E-state index contributed by atoms with van der Waals surface area (Å²) in [5, 5.41) is 2.71. The second-order valence-electron chi connectivity index (χ2n) is 16.2. The number of carbonyl (C=O) groups is 1. The van der Waals surface area contributed by atoms with Crippen LogP contribution in [0.2, 0.25) is 23.2 Å². The van der Waals surface area contributed by atoms with Crippen molar-refractivity contribution >= 4 is 32.9 Å². The molecule has 1 aliphatic heterocycles. The predicted octanol–water partition coefficient (Wildman–Crippen LogP) is 8.34. The van der Waals surface area contributed by atoms with E-state index < -0.39 is 16.6 Å². The van der Waals surface area contributed by atoms with Gasteiger partial charge in [-0.3, -0.25) is 4.79 Å².